The Morgan fingerprint density at radius 2 is 1.76 bits per heavy atom. The first kappa shape index (κ1) is 20.0. The molecule has 29 heavy (non-hydrogen) atoms. The molecule has 0 bridgehead atoms. The molecule has 0 aliphatic heterocycles. The topological polar surface area (TPSA) is 93.2 Å². The van der Waals surface area contributed by atoms with Crippen molar-refractivity contribution in [1.29, 1.82) is 0 Å². The minimum atomic E-state index is -0.473. The molecule has 1 heterocycles. The zero-order chi connectivity index (χ0) is 20.8. The Hall–Kier alpha value is -3.74. The highest BCUT2D eigenvalue weighted by molar-refractivity contribution is 6.04. The van der Waals surface area contributed by atoms with Crippen molar-refractivity contribution in [2.75, 3.05) is 17.7 Å². The summed E-state index contributed by atoms with van der Waals surface area (Å²) < 4.78 is 4.70. The second kappa shape index (κ2) is 8.97. The number of rotatable bonds is 6. The van der Waals surface area contributed by atoms with E-state index in [0.717, 1.165) is 12.1 Å². The van der Waals surface area contributed by atoms with E-state index in [1.165, 1.54) is 12.7 Å². The average Bonchev–Trinajstić information content (AvgIpc) is 2.73. The molecule has 3 aromatic rings. The number of methoxy groups -OCH3 is 1. The number of nitrogens with zero attached hydrogens (tertiary/aromatic N) is 2. The number of nitrogens with one attached hydrogen (secondary N) is 2. The van der Waals surface area contributed by atoms with Gasteiger partial charge in [-0.15, -0.1) is 0 Å². The van der Waals surface area contributed by atoms with Crippen LogP contribution < -0.4 is 10.6 Å². The number of ether oxygens (including phenoxy) is 1. The molecular formula is C22H22N4O3. The molecule has 0 aliphatic rings. The van der Waals surface area contributed by atoms with Crippen LogP contribution in [0.1, 0.15) is 39.2 Å². The molecule has 0 fully saturated rings. The Labute approximate surface area is 169 Å². The third-order valence-electron chi connectivity index (χ3n) is 4.25. The summed E-state index contributed by atoms with van der Waals surface area (Å²) >= 11 is 0. The predicted molar refractivity (Wildman–Crippen MR) is 112 cm³/mol. The molecule has 1 amide bonds. The van der Waals surface area contributed by atoms with E-state index in [9.17, 15) is 9.59 Å². The molecule has 0 aliphatic carbocycles. The van der Waals surface area contributed by atoms with Crippen LogP contribution in [0.5, 0.6) is 0 Å². The van der Waals surface area contributed by atoms with Crippen LogP contribution in [0.15, 0.2) is 54.6 Å². The van der Waals surface area contributed by atoms with Crippen LogP contribution in [0.3, 0.4) is 0 Å². The number of amides is 1. The van der Waals surface area contributed by atoms with Gasteiger partial charge >= 0.3 is 5.97 Å². The molecule has 7 nitrogen and oxygen atoms in total. The number of esters is 1. The van der Waals surface area contributed by atoms with Crippen molar-refractivity contribution in [3.05, 3.63) is 77.2 Å². The number of aromatic nitrogens is 2. The van der Waals surface area contributed by atoms with Crippen molar-refractivity contribution in [3.63, 3.8) is 0 Å². The molecule has 0 atom stereocenters. The number of hydrogen-bond donors (Lipinski definition) is 2. The number of carbonyl (C=O) groups excluding carboxylic acids is 2. The van der Waals surface area contributed by atoms with Gasteiger partial charge in [0.25, 0.3) is 5.91 Å². The highest BCUT2D eigenvalue weighted by Crippen LogP contribution is 2.18. The van der Waals surface area contributed by atoms with Gasteiger partial charge in [-0.3, -0.25) is 4.79 Å². The van der Waals surface area contributed by atoms with Gasteiger partial charge in [-0.25, -0.2) is 14.8 Å². The molecule has 148 valence electrons. The summed E-state index contributed by atoms with van der Waals surface area (Å²) in [5.41, 5.74) is 3.15. The minimum absolute atomic E-state index is 0.216. The molecule has 1 aromatic heterocycles. The largest absolute Gasteiger partial charge is 0.465 e. The Morgan fingerprint density at radius 1 is 1.00 bits per heavy atom. The molecule has 2 N–H and O–H groups in total. The van der Waals surface area contributed by atoms with Crippen molar-refractivity contribution >= 4 is 29.1 Å². The highest BCUT2D eigenvalue weighted by Gasteiger charge is 2.13. The van der Waals surface area contributed by atoms with Gasteiger partial charge in [0, 0.05) is 17.4 Å². The zero-order valence-corrected chi connectivity index (χ0v) is 16.5. The molecule has 0 unspecified atom stereocenters. The van der Waals surface area contributed by atoms with Crippen molar-refractivity contribution in [2.45, 2.75) is 20.3 Å². The average molecular weight is 390 g/mol. The molecule has 0 saturated carbocycles. The molecule has 0 saturated heterocycles. The van der Waals surface area contributed by atoms with E-state index < -0.39 is 11.9 Å². The van der Waals surface area contributed by atoms with Crippen LogP contribution >= 0.6 is 0 Å². The van der Waals surface area contributed by atoms with Crippen LogP contribution in [0.4, 0.5) is 17.2 Å². The summed E-state index contributed by atoms with van der Waals surface area (Å²) in [7, 11) is 1.31. The first-order valence-electron chi connectivity index (χ1n) is 9.20. The first-order valence-corrected chi connectivity index (χ1v) is 9.20. The quantitative estimate of drug-likeness (QED) is 0.615. The minimum Gasteiger partial charge on any atom is -0.465 e. The summed E-state index contributed by atoms with van der Waals surface area (Å²) in [5, 5.41) is 5.94. The third-order valence-corrected chi connectivity index (χ3v) is 4.25. The number of hydrogen-bond acceptors (Lipinski definition) is 6. The normalized spacial score (nSPS) is 10.3. The SMILES string of the molecule is CCc1ccc(Nc2cc(C(=O)Nc3cccc(C(=O)OC)c3)nc(C)n2)cc1. The van der Waals surface area contributed by atoms with E-state index in [2.05, 4.69) is 27.5 Å². The van der Waals surface area contributed by atoms with Crippen LogP contribution in [-0.4, -0.2) is 29.0 Å². The maximum atomic E-state index is 12.7. The van der Waals surface area contributed by atoms with E-state index in [4.69, 9.17) is 4.74 Å². The maximum absolute atomic E-state index is 12.7. The summed E-state index contributed by atoms with van der Waals surface area (Å²) in [5.74, 6) is 0.116. The second-order valence-electron chi connectivity index (χ2n) is 6.39. The van der Waals surface area contributed by atoms with Gasteiger partial charge in [0.2, 0.25) is 0 Å². The van der Waals surface area contributed by atoms with Crippen LogP contribution in [0, 0.1) is 6.92 Å². The lowest BCUT2D eigenvalue weighted by molar-refractivity contribution is 0.0600. The van der Waals surface area contributed by atoms with Gasteiger partial charge in [0.1, 0.15) is 17.3 Å². The fraction of sp³-hybridized carbons (Fsp3) is 0.182. The van der Waals surface area contributed by atoms with Crippen LogP contribution in [0.2, 0.25) is 0 Å². The van der Waals surface area contributed by atoms with Crippen LogP contribution in [-0.2, 0) is 11.2 Å². The van der Waals surface area contributed by atoms with E-state index in [1.54, 1.807) is 37.3 Å². The number of benzene rings is 2. The summed E-state index contributed by atoms with van der Waals surface area (Å²) in [6.07, 6.45) is 0.967. The van der Waals surface area contributed by atoms with Gasteiger partial charge in [-0.1, -0.05) is 25.1 Å². The van der Waals surface area contributed by atoms with Crippen molar-refractivity contribution in [1.82, 2.24) is 9.97 Å². The molecule has 0 spiro atoms. The third kappa shape index (κ3) is 5.16. The van der Waals surface area contributed by atoms with E-state index in [1.807, 2.05) is 24.3 Å². The predicted octanol–water partition coefficient (Wildman–Crippen LogP) is 4.13. The first-order chi connectivity index (χ1) is 14.0. The van der Waals surface area contributed by atoms with E-state index in [0.29, 0.717) is 22.9 Å². The second-order valence-corrected chi connectivity index (χ2v) is 6.39. The maximum Gasteiger partial charge on any atom is 0.337 e. The number of anilines is 3. The van der Waals surface area contributed by atoms with Crippen molar-refractivity contribution in [2.24, 2.45) is 0 Å². The van der Waals surface area contributed by atoms with Gasteiger partial charge in [0.05, 0.1) is 12.7 Å². The highest BCUT2D eigenvalue weighted by atomic mass is 16.5. The van der Waals surface area contributed by atoms with Gasteiger partial charge in [-0.05, 0) is 49.2 Å². The molecule has 2 aromatic carbocycles. The van der Waals surface area contributed by atoms with E-state index >= 15 is 0 Å². The van der Waals surface area contributed by atoms with Crippen LogP contribution in [0.25, 0.3) is 0 Å². The summed E-state index contributed by atoms with van der Waals surface area (Å²) in [4.78, 5) is 32.9. The Bertz CT molecular complexity index is 1030. The Kier molecular flexibility index (Phi) is 6.19. The van der Waals surface area contributed by atoms with Gasteiger partial charge in [-0.2, -0.15) is 0 Å². The van der Waals surface area contributed by atoms with Crippen molar-refractivity contribution in [3.8, 4) is 0 Å². The Balaban J connectivity index is 1.78. The molecule has 7 heteroatoms. The molecule has 0 radical (unpaired) electrons. The van der Waals surface area contributed by atoms with E-state index in [-0.39, 0.29) is 5.69 Å². The Morgan fingerprint density at radius 3 is 2.45 bits per heavy atom. The van der Waals surface area contributed by atoms with Gasteiger partial charge in [0.15, 0.2) is 0 Å². The lowest BCUT2D eigenvalue weighted by Gasteiger charge is -2.10. The van der Waals surface area contributed by atoms with Crippen molar-refractivity contribution < 1.29 is 14.3 Å². The standard InChI is InChI=1S/C22H22N4O3/c1-4-15-8-10-17(11-9-15)25-20-13-19(23-14(2)24-20)21(27)26-18-7-5-6-16(12-18)22(28)29-3/h5-13H,4H2,1-3H3,(H,26,27)(H,23,24,25). The lowest BCUT2D eigenvalue weighted by Crippen LogP contribution is -2.16. The summed E-state index contributed by atoms with van der Waals surface area (Å²) in [6, 6.07) is 16.1. The lowest BCUT2D eigenvalue weighted by atomic mass is 10.1. The monoisotopic (exact) mass is 390 g/mol. The molecule has 3 rings (SSSR count). The zero-order valence-electron chi connectivity index (χ0n) is 16.5. The molecular weight excluding hydrogens is 368 g/mol. The van der Waals surface area contributed by atoms with Gasteiger partial charge < -0.3 is 15.4 Å². The number of carbonyl (C=O) groups is 2. The fourth-order valence-electron chi connectivity index (χ4n) is 2.76. The number of aryl methyl sites for hydroxylation is 2. The smallest absolute Gasteiger partial charge is 0.337 e. The fourth-order valence-corrected chi connectivity index (χ4v) is 2.76. The summed E-state index contributed by atoms with van der Waals surface area (Å²) in [6.45, 7) is 3.82.